The van der Waals surface area contributed by atoms with Gasteiger partial charge in [0.1, 0.15) is 18.2 Å². The minimum atomic E-state index is -0.805. The fourth-order valence-electron chi connectivity index (χ4n) is 3.20. The molecule has 1 aliphatic rings. The van der Waals surface area contributed by atoms with E-state index in [1.165, 1.54) is 30.0 Å². The maximum atomic E-state index is 14.0. The van der Waals surface area contributed by atoms with Gasteiger partial charge in [-0.25, -0.2) is 14.2 Å². The van der Waals surface area contributed by atoms with Crippen LogP contribution in [0.1, 0.15) is 37.3 Å². The zero-order valence-electron chi connectivity index (χ0n) is 16.3. The number of carbonyl (C=O) groups excluding carboxylic acids is 1. The van der Waals surface area contributed by atoms with Crippen molar-refractivity contribution in [2.45, 2.75) is 31.3 Å². The van der Waals surface area contributed by atoms with Crippen LogP contribution in [0.15, 0.2) is 58.1 Å². The summed E-state index contributed by atoms with van der Waals surface area (Å²) in [6, 6.07) is 5.84. The van der Waals surface area contributed by atoms with Crippen molar-refractivity contribution in [3.05, 3.63) is 75.5 Å². The molecule has 8 heteroatoms. The summed E-state index contributed by atoms with van der Waals surface area (Å²) in [5, 5.41) is 3.55. The normalized spacial score (nSPS) is 15.5. The molecular weight excluding hydrogens is 393 g/mol. The first kappa shape index (κ1) is 20.9. The third-order valence-corrected chi connectivity index (χ3v) is 5.48. The third kappa shape index (κ3) is 4.42. The molecule has 1 atom stereocenters. The van der Waals surface area contributed by atoms with Crippen LogP contribution < -0.4 is 10.9 Å². The Morgan fingerprint density at radius 3 is 2.93 bits per heavy atom. The Labute approximate surface area is 172 Å². The second-order valence-corrected chi connectivity index (χ2v) is 7.60. The maximum Gasteiger partial charge on any atom is 0.337 e. The lowest BCUT2D eigenvalue weighted by molar-refractivity contribution is -0.138. The first-order valence-electron chi connectivity index (χ1n) is 9.24. The lowest BCUT2D eigenvalue weighted by Crippen LogP contribution is -2.31. The van der Waals surface area contributed by atoms with Crippen molar-refractivity contribution in [3.8, 4) is 0 Å². The van der Waals surface area contributed by atoms with Gasteiger partial charge in [0.15, 0.2) is 5.16 Å². The summed E-state index contributed by atoms with van der Waals surface area (Å²) in [4.78, 5) is 33.0. The first-order chi connectivity index (χ1) is 14.0. The Bertz CT molecular complexity index is 1030. The van der Waals surface area contributed by atoms with E-state index in [4.69, 9.17) is 4.74 Å². The van der Waals surface area contributed by atoms with E-state index < -0.39 is 17.7 Å². The fraction of sp³-hybridized carbons (Fsp3) is 0.286. The van der Waals surface area contributed by atoms with Crippen molar-refractivity contribution < 1.29 is 13.9 Å². The molecule has 2 aromatic rings. The molecule has 0 spiro atoms. The fourth-order valence-corrected chi connectivity index (χ4v) is 3.92. The number of ether oxygens (including phenoxy) is 1. The summed E-state index contributed by atoms with van der Waals surface area (Å²) >= 11 is 1.44. The molecule has 1 aromatic heterocycles. The number of thioether (sulfide) groups is 1. The number of anilines is 1. The number of halogens is 1. The zero-order valence-corrected chi connectivity index (χ0v) is 17.1. The van der Waals surface area contributed by atoms with E-state index in [9.17, 15) is 14.0 Å². The molecular formula is C21H22FN3O3S. The van der Waals surface area contributed by atoms with Crippen LogP contribution in [-0.4, -0.2) is 28.3 Å². The number of H-pyrrole nitrogens is 1. The van der Waals surface area contributed by atoms with E-state index in [2.05, 4.69) is 21.9 Å². The van der Waals surface area contributed by atoms with Crippen molar-refractivity contribution in [1.82, 2.24) is 9.97 Å². The average molecular weight is 415 g/mol. The molecule has 0 bridgehead atoms. The summed E-state index contributed by atoms with van der Waals surface area (Å²) in [6.45, 7) is 7.32. The van der Waals surface area contributed by atoms with Gasteiger partial charge in [-0.15, -0.1) is 0 Å². The maximum absolute atomic E-state index is 14.0. The number of hydrogen-bond acceptors (Lipinski definition) is 6. The molecule has 2 heterocycles. The molecule has 0 aliphatic carbocycles. The van der Waals surface area contributed by atoms with Gasteiger partial charge in [-0.1, -0.05) is 43.5 Å². The highest BCUT2D eigenvalue weighted by atomic mass is 32.2. The van der Waals surface area contributed by atoms with Crippen LogP contribution in [0.25, 0.3) is 0 Å². The predicted octanol–water partition coefficient (Wildman–Crippen LogP) is 3.97. The molecule has 152 valence electrons. The average Bonchev–Trinajstić information content (AvgIpc) is 2.69. The van der Waals surface area contributed by atoms with Crippen molar-refractivity contribution in [3.63, 3.8) is 0 Å². The molecule has 0 saturated carbocycles. The van der Waals surface area contributed by atoms with E-state index in [1.54, 1.807) is 19.1 Å². The predicted molar refractivity (Wildman–Crippen MR) is 112 cm³/mol. The van der Waals surface area contributed by atoms with Gasteiger partial charge in [-0.3, -0.25) is 4.79 Å². The van der Waals surface area contributed by atoms with Crippen molar-refractivity contribution >= 4 is 23.5 Å². The molecule has 3 rings (SSSR count). The van der Waals surface area contributed by atoms with Gasteiger partial charge in [-0.05, 0) is 31.0 Å². The molecule has 2 N–H and O–H groups in total. The van der Waals surface area contributed by atoms with Gasteiger partial charge in [-0.2, -0.15) is 0 Å². The van der Waals surface area contributed by atoms with Crippen LogP contribution >= 0.6 is 11.8 Å². The number of aromatic nitrogens is 2. The Morgan fingerprint density at radius 2 is 2.24 bits per heavy atom. The number of benzene rings is 1. The minimum Gasteiger partial charge on any atom is -0.458 e. The number of fused-ring (bicyclic) bond motifs is 1. The van der Waals surface area contributed by atoms with Crippen LogP contribution in [0.4, 0.5) is 10.2 Å². The van der Waals surface area contributed by atoms with Crippen LogP contribution in [0, 0.1) is 5.82 Å². The van der Waals surface area contributed by atoms with Crippen molar-refractivity contribution in [1.29, 1.82) is 0 Å². The van der Waals surface area contributed by atoms with Crippen molar-refractivity contribution in [2.24, 2.45) is 0 Å². The molecule has 0 radical (unpaired) electrons. The first-order valence-corrected chi connectivity index (χ1v) is 10.2. The smallest absolute Gasteiger partial charge is 0.337 e. The number of carbonyl (C=O) groups is 1. The molecule has 29 heavy (non-hydrogen) atoms. The highest BCUT2D eigenvalue weighted by Crippen LogP contribution is 2.40. The summed E-state index contributed by atoms with van der Waals surface area (Å²) in [5.74, 6) is -0.694. The SMILES string of the molecule is C=CCOC(=O)C1=C(C)Nc2nc(SCCC)[nH]c(=O)c2[C@@H]1c1cccc(F)c1. The molecule has 6 nitrogen and oxygen atoms in total. The second kappa shape index (κ2) is 9.09. The second-order valence-electron chi connectivity index (χ2n) is 6.52. The number of esters is 1. The minimum absolute atomic E-state index is 0.0273. The highest BCUT2D eigenvalue weighted by Gasteiger charge is 2.36. The standard InChI is InChI=1S/C21H22FN3O3S/c1-4-9-28-20(27)15-12(3)23-18-17(16(15)13-7-6-8-14(22)11-13)19(26)25-21(24-18)29-10-5-2/h4,6-8,11,16H,1,5,9-10H2,2-3H3,(H2,23,24,25,26)/t16-/m1/s1. The molecule has 0 amide bonds. The molecule has 0 unspecified atom stereocenters. The number of nitrogens with zero attached hydrogens (tertiary/aromatic N) is 1. The monoisotopic (exact) mass is 415 g/mol. The highest BCUT2D eigenvalue weighted by molar-refractivity contribution is 7.99. The third-order valence-electron chi connectivity index (χ3n) is 4.40. The van der Waals surface area contributed by atoms with E-state index in [1.807, 2.05) is 6.92 Å². The zero-order chi connectivity index (χ0) is 21.0. The van der Waals surface area contributed by atoms with E-state index >= 15 is 0 Å². The number of nitrogens with one attached hydrogen (secondary N) is 2. The quantitative estimate of drug-likeness (QED) is 0.308. The van der Waals surface area contributed by atoms with Crippen LogP contribution in [0.2, 0.25) is 0 Å². The molecule has 1 aromatic carbocycles. The Balaban J connectivity index is 2.17. The van der Waals surface area contributed by atoms with Crippen LogP contribution in [-0.2, 0) is 9.53 Å². The van der Waals surface area contributed by atoms with Gasteiger partial charge >= 0.3 is 5.97 Å². The molecule has 0 saturated heterocycles. The van der Waals surface area contributed by atoms with E-state index in [0.717, 1.165) is 12.2 Å². The molecule has 0 fully saturated rings. The summed E-state index contributed by atoms with van der Waals surface area (Å²) in [7, 11) is 0. The number of aromatic amines is 1. The van der Waals surface area contributed by atoms with Gasteiger partial charge in [0.05, 0.1) is 17.1 Å². The summed E-state index contributed by atoms with van der Waals surface area (Å²) < 4.78 is 19.2. The largest absolute Gasteiger partial charge is 0.458 e. The lowest BCUT2D eigenvalue weighted by Gasteiger charge is -2.28. The van der Waals surface area contributed by atoms with Crippen LogP contribution in [0.5, 0.6) is 0 Å². The summed E-state index contributed by atoms with van der Waals surface area (Å²) in [6.07, 6.45) is 2.39. The topological polar surface area (TPSA) is 84.1 Å². The van der Waals surface area contributed by atoms with Crippen molar-refractivity contribution in [2.75, 3.05) is 17.7 Å². The Morgan fingerprint density at radius 1 is 1.45 bits per heavy atom. The van der Waals surface area contributed by atoms with Crippen LogP contribution in [0.3, 0.4) is 0 Å². The van der Waals surface area contributed by atoms with E-state index in [-0.39, 0.29) is 23.3 Å². The van der Waals surface area contributed by atoms with E-state index in [0.29, 0.717) is 22.2 Å². The Hall–Kier alpha value is -2.87. The lowest BCUT2D eigenvalue weighted by atomic mass is 9.82. The van der Waals surface area contributed by atoms with Gasteiger partial charge in [0.2, 0.25) is 0 Å². The number of allylic oxidation sites excluding steroid dienone is 1. The number of hydrogen-bond donors (Lipinski definition) is 2. The van der Waals surface area contributed by atoms with Gasteiger partial charge in [0, 0.05) is 11.4 Å². The molecule has 1 aliphatic heterocycles. The Kier molecular flexibility index (Phi) is 6.53. The van der Waals surface area contributed by atoms with Gasteiger partial charge in [0.25, 0.3) is 5.56 Å². The summed E-state index contributed by atoms with van der Waals surface area (Å²) in [5.41, 5.74) is 1.10. The number of rotatable bonds is 7. The van der Waals surface area contributed by atoms with Gasteiger partial charge < -0.3 is 15.0 Å².